The van der Waals surface area contributed by atoms with E-state index in [0.29, 0.717) is 11.3 Å². The van der Waals surface area contributed by atoms with Crippen LogP contribution in [0.25, 0.3) is 0 Å². The summed E-state index contributed by atoms with van der Waals surface area (Å²) in [6.07, 6.45) is 5.61. The van der Waals surface area contributed by atoms with Gasteiger partial charge in [-0.3, -0.25) is 0 Å². The lowest BCUT2D eigenvalue weighted by atomic mass is 9.63. The van der Waals surface area contributed by atoms with Crippen LogP contribution in [-0.2, 0) is 0 Å². The maximum absolute atomic E-state index is 3.61. The van der Waals surface area contributed by atoms with Gasteiger partial charge in [-0.1, -0.05) is 35.0 Å². The van der Waals surface area contributed by atoms with Gasteiger partial charge in [-0.05, 0) is 61.3 Å². The molecule has 1 N–H and O–H groups in total. The minimum Gasteiger partial charge on any atom is -0.316 e. The summed E-state index contributed by atoms with van der Waals surface area (Å²) >= 11 is 3.54. The van der Waals surface area contributed by atoms with Crippen molar-refractivity contribution in [2.24, 2.45) is 11.3 Å². The number of halogens is 1. The predicted molar refractivity (Wildman–Crippen MR) is 79.8 cm³/mol. The number of hydrogen-bond donors (Lipinski definition) is 1. The molecule has 2 unspecified atom stereocenters. The van der Waals surface area contributed by atoms with Gasteiger partial charge in [0.15, 0.2) is 0 Å². The summed E-state index contributed by atoms with van der Waals surface area (Å²) in [4.78, 5) is 0. The second-order valence-electron chi connectivity index (χ2n) is 5.92. The van der Waals surface area contributed by atoms with Crippen LogP contribution in [-0.4, -0.2) is 13.1 Å². The van der Waals surface area contributed by atoms with Crippen LogP contribution in [0.3, 0.4) is 0 Å². The summed E-state index contributed by atoms with van der Waals surface area (Å²) in [7, 11) is 0. The zero-order chi connectivity index (χ0) is 12.6. The molecule has 2 fully saturated rings. The van der Waals surface area contributed by atoms with Gasteiger partial charge >= 0.3 is 0 Å². The summed E-state index contributed by atoms with van der Waals surface area (Å²) in [5.41, 5.74) is 2.10. The van der Waals surface area contributed by atoms with Crippen molar-refractivity contribution in [1.29, 1.82) is 0 Å². The summed E-state index contributed by atoms with van der Waals surface area (Å²) in [6, 6.07) is 9.01. The van der Waals surface area contributed by atoms with Crippen LogP contribution in [0.1, 0.15) is 44.1 Å². The minimum atomic E-state index is 0.569. The third kappa shape index (κ3) is 2.14. The third-order valence-corrected chi connectivity index (χ3v) is 5.66. The summed E-state index contributed by atoms with van der Waals surface area (Å²) < 4.78 is 1.18. The summed E-state index contributed by atoms with van der Waals surface area (Å²) in [6.45, 7) is 4.76. The molecular formula is C16H22BrN. The highest BCUT2D eigenvalue weighted by atomic mass is 79.9. The van der Waals surface area contributed by atoms with Gasteiger partial charge < -0.3 is 5.32 Å². The van der Waals surface area contributed by atoms with Crippen LogP contribution in [0.2, 0.25) is 0 Å². The van der Waals surface area contributed by atoms with Gasteiger partial charge in [-0.25, -0.2) is 0 Å². The maximum atomic E-state index is 3.61. The second kappa shape index (κ2) is 4.97. The Labute approximate surface area is 118 Å². The molecule has 1 heterocycles. The van der Waals surface area contributed by atoms with Crippen molar-refractivity contribution >= 4 is 15.9 Å². The SMILES string of the molecule is CCC1(C2CC2)CCNCC1c1ccc(Br)cc1. The van der Waals surface area contributed by atoms with Gasteiger partial charge in [0.05, 0.1) is 0 Å². The Balaban J connectivity index is 1.93. The summed E-state index contributed by atoms with van der Waals surface area (Å²) in [5.74, 6) is 1.69. The zero-order valence-electron chi connectivity index (χ0n) is 11.1. The Morgan fingerprint density at radius 1 is 1.28 bits per heavy atom. The lowest BCUT2D eigenvalue weighted by molar-refractivity contribution is 0.123. The Bertz CT molecular complexity index is 410. The number of piperidine rings is 1. The van der Waals surface area contributed by atoms with Gasteiger partial charge in [0, 0.05) is 16.9 Å². The van der Waals surface area contributed by atoms with E-state index >= 15 is 0 Å². The molecule has 18 heavy (non-hydrogen) atoms. The van der Waals surface area contributed by atoms with Gasteiger partial charge in [0.1, 0.15) is 0 Å². The Kier molecular flexibility index (Phi) is 3.50. The number of nitrogens with one attached hydrogen (secondary N) is 1. The largest absolute Gasteiger partial charge is 0.316 e. The molecule has 2 heteroatoms. The highest BCUT2D eigenvalue weighted by molar-refractivity contribution is 9.10. The topological polar surface area (TPSA) is 12.0 Å². The molecule has 0 bridgehead atoms. The average Bonchev–Trinajstić information content (AvgIpc) is 3.24. The van der Waals surface area contributed by atoms with Crippen molar-refractivity contribution in [2.75, 3.05) is 13.1 Å². The fraction of sp³-hybridized carbons (Fsp3) is 0.625. The van der Waals surface area contributed by atoms with E-state index in [0.717, 1.165) is 12.5 Å². The van der Waals surface area contributed by atoms with E-state index in [-0.39, 0.29) is 0 Å². The van der Waals surface area contributed by atoms with Gasteiger partial charge in [0.2, 0.25) is 0 Å². The molecule has 2 aliphatic rings. The smallest absolute Gasteiger partial charge is 0.0175 e. The Hall–Kier alpha value is -0.340. The first-order valence-corrected chi connectivity index (χ1v) is 8.02. The fourth-order valence-electron chi connectivity index (χ4n) is 3.95. The van der Waals surface area contributed by atoms with Crippen molar-refractivity contribution < 1.29 is 0 Å². The van der Waals surface area contributed by atoms with Crippen LogP contribution in [0.5, 0.6) is 0 Å². The van der Waals surface area contributed by atoms with Gasteiger partial charge in [0.25, 0.3) is 0 Å². The highest BCUT2D eigenvalue weighted by Crippen LogP contribution is 2.58. The molecule has 98 valence electrons. The monoisotopic (exact) mass is 307 g/mol. The van der Waals surface area contributed by atoms with Crippen LogP contribution in [0.15, 0.2) is 28.7 Å². The van der Waals surface area contributed by atoms with E-state index in [4.69, 9.17) is 0 Å². The van der Waals surface area contributed by atoms with Crippen molar-refractivity contribution in [3.63, 3.8) is 0 Å². The zero-order valence-corrected chi connectivity index (χ0v) is 12.7. The molecule has 1 aromatic carbocycles. The van der Waals surface area contributed by atoms with Crippen molar-refractivity contribution in [3.05, 3.63) is 34.3 Å². The van der Waals surface area contributed by atoms with E-state index in [1.54, 1.807) is 0 Å². The van der Waals surface area contributed by atoms with Gasteiger partial charge in [-0.15, -0.1) is 0 Å². The van der Waals surface area contributed by atoms with Crippen LogP contribution in [0, 0.1) is 11.3 Å². The molecule has 1 saturated heterocycles. The molecule has 1 aliphatic carbocycles. The summed E-state index contributed by atoms with van der Waals surface area (Å²) in [5, 5.41) is 3.61. The molecule has 1 aliphatic heterocycles. The van der Waals surface area contributed by atoms with E-state index in [1.807, 2.05) is 0 Å². The van der Waals surface area contributed by atoms with Crippen molar-refractivity contribution in [3.8, 4) is 0 Å². The number of benzene rings is 1. The minimum absolute atomic E-state index is 0.569. The van der Waals surface area contributed by atoms with Crippen molar-refractivity contribution in [2.45, 2.75) is 38.5 Å². The quantitative estimate of drug-likeness (QED) is 0.876. The molecule has 0 amide bonds. The van der Waals surface area contributed by atoms with Crippen LogP contribution < -0.4 is 5.32 Å². The fourth-order valence-corrected chi connectivity index (χ4v) is 4.21. The molecular weight excluding hydrogens is 286 g/mol. The molecule has 0 radical (unpaired) electrons. The van der Waals surface area contributed by atoms with Crippen LogP contribution in [0.4, 0.5) is 0 Å². The molecule has 0 aromatic heterocycles. The van der Waals surface area contributed by atoms with E-state index in [1.165, 1.54) is 42.3 Å². The molecule has 2 atom stereocenters. The molecule has 0 spiro atoms. The maximum Gasteiger partial charge on any atom is 0.0175 e. The first kappa shape index (κ1) is 12.7. The molecule has 1 aromatic rings. The highest BCUT2D eigenvalue weighted by Gasteiger charge is 2.50. The molecule has 1 saturated carbocycles. The van der Waals surface area contributed by atoms with Crippen molar-refractivity contribution in [1.82, 2.24) is 5.32 Å². The molecule has 3 rings (SSSR count). The van der Waals surface area contributed by atoms with Gasteiger partial charge in [-0.2, -0.15) is 0 Å². The second-order valence-corrected chi connectivity index (χ2v) is 6.83. The van der Waals surface area contributed by atoms with E-state index in [9.17, 15) is 0 Å². The molecule has 1 nitrogen and oxygen atoms in total. The number of rotatable bonds is 3. The standard InChI is InChI=1S/C16H22BrN/c1-2-16(13-5-6-13)9-10-18-11-15(16)12-3-7-14(17)8-4-12/h3-4,7-8,13,15,18H,2,5-6,9-11H2,1H3. The Morgan fingerprint density at radius 3 is 2.61 bits per heavy atom. The van der Waals surface area contributed by atoms with E-state index in [2.05, 4.69) is 52.4 Å². The normalized spacial score (nSPS) is 32.4. The lowest BCUT2D eigenvalue weighted by Gasteiger charge is -2.45. The first-order chi connectivity index (χ1) is 8.76. The average molecular weight is 308 g/mol. The number of hydrogen-bond acceptors (Lipinski definition) is 1. The first-order valence-electron chi connectivity index (χ1n) is 7.22. The lowest BCUT2D eigenvalue weighted by Crippen LogP contribution is -2.44. The van der Waals surface area contributed by atoms with Crippen LogP contribution >= 0.6 is 15.9 Å². The predicted octanol–water partition coefficient (Wildman–Crippen LogP) is 4.33. The third-order valence-electron chi connectivity index (χ3n) is 5.13. The van der Waals surface area contributed by atoms with E-state index < -0.39 is 0 Å². The Morgan fingerprint density at radius 2 is 2.00 bits per heavy atom.